The van der Waals surface area contributed by atoms with Gasteiger partial charge < -0.3 is 14.5 Å². The molecule has 1 saturated heterocycles. The summed E-state index contributed by atoms with van der Waals surface area (Å²) in [5.41, 5.74) is 0.621. The van der Waals surface area contributed by atoms with Gasteiger partial charge in [0, 0.05) is 33.4 Å². The molecule has 0 saturated carbocycles. The number of amides is 1. The summed E-state index contributed by atoms with van der Waals surface area (Å²) >= 11 is 0. The predicted molar refractivity (Wildman–Crippen MR) is 77.8 cm³/mol. The van der Waals surface area contributed by atoms with Crippen LogP contribution in [-0.4, -0.2) is 52.6 Å². The number of likely N-dealkylation sites (N-methyl/N-ethyl adjacent to an activating group) is 1. The molecule has 6 heteroatoms. The van der Waals surface area contributed by atoms with Crippen molar-refractivity contribution in [2.75, 3.05) is 25.0 Å². The summed E-state index contributed by atoms with van der Waals surface area (Å²) in [6.07, 6.45) is 4.60. The second-order valence-corrected chi connectivity index (χ2v) is 6.37. The monoisotopic (exact) mass is 280 g/mol. The zero-order chi connectivity index (χ0) is 14.9. The van der Waals surface area contributed by atoms with Crippen molar-refractivity contribution < 1.29 is 9.53 Å². The minimum Gasteiger partial charge on any atom is -0.444 e. The number of hydrogen-bond donors (Lipinski definition) is 0. The molecule has 1 atom stereocenters. The number of ether oxygens (including phenoxy) is 1. The summed E-state index contributed by atoms with van der Waals surface area (Å²) in [6.45, 7) is 7.25. The summed E-state index contributed by atoms with van der Waals surface area (Å²) in [5, 5.41) is 4.16. The molecule has 1 amide bonds. The smallest absolute Gasteiger partial charge is 0.410 e. The van der Waals surface area contributed by atoms with Crippen LogP contribution in [0.25, 0.3) is 0 Å². The van der Waals surface area contributed by atoms with Gasteiger partial charge in [-0.2, -0.15) is 5.10 Å². The SMILES string of the molecule is CN(C[C@H]1CCN1C(=O)OC(C)(C)C)c1cnn(C)c1. The van der Waals surface area contributed by atoms with E-state index in [4.69, 9.17) is 4.74 Å². The number of hydrogen-bond acceptors (Lipinski definition) is 4. The van der Waals surface area contributed by atoms with Crippen LogP contribution in [-0.2, 0) is 11.8 Å². The van der Waals surface area contributed by atoms with E-state index >= 15 is 0 Å². The fourth-order valence-electron chi connectivity index (χ4n) is 2.22. The van der Waals surface area contributed by atoms with Crippen LogP contribution in [0.2, 0.25) is 0 Å². The third-order valence-electron chi connectivity index (χ3n) is 3.39. The topological polar surface area (TPSA) is 50.6 Å². The van der Waals surface area contributed by atoms with Gasteiger partial charge in [-0.25, -0.2) is 4.79 Å². The van der Waals surface area contributed by atoms with Gasteiger partial charge in [-0.3, -0.25) is 4.68 Å². The van der Waals surface area contributed by atoms with Crippen LogP contribution in [0.1, 0.15) is 27.2 Å². The van der Waals surface area contributed by atoms with E-state index in [1.54, 1.807) is 9.58 Å². The fourth-order valence-corrected chi connectivity index (χ4v) is 2.22. The lowest BCUT2D eigenvalue weighted by atomic mass is 10.0. The third kappa shape index (κ3) is 3.43. The van der Waals surface area contributed by atoms with Crippen molar-refractivity contribution in [2.24, 2.45) is 7.05 Å². The molecule has 1 aliphatic rings. The molecule has 1 fully saturated rings. The van der Waals surface area contributed by atoms with E-state index in [0.29, 0.717) is 0 Å². The molecule has 6 nitrogen and oxygen atoms in total. The van der Waals surface area contributed by atoms with Gasteiger partial charge in [0.2, 0.25) is 0 Å². The molecule has 0 unspecified atom stereocenters. The van der Waals surface area contributed by atoms with Crippen LogP contribution >= 0.6 is 0 Å². The molecule has 1 aromatic heterocycles. The van der Waals surface area contributed by atoms with Crippen LogP contribution in [0.15, 0.2) is 12.4 Å². The number of carbonyl (C=O) groups excluding carboxylic acids is 1. The van der Waals surface area contributed by atoms with Crippen molar-refractivity contribution in [3.05, 3.63) is 12.4 Å². The first-order valence-electron chi connectivity index (χ1n) is 6.95. The molecule has 0 aromatic carbocycles. The summed E-state index contributed by atoms with van der Waals surface area (Å²) in [6, 6.07) is 0.218. The normalized spacial score (nSPS) is 18.6. The van der Waals surface area contributed by atoms with Crippen molar-refractivity contribution in [1.29, 1.82) is 0 Å². The molecule has 20 heavy (non-hydrogen) atoms. The van der Waals surface area contributed by atoms with Crippen molar-refractivity contribution in [1.82, 2.24) is 14.7 Å². The average Bonchev–Trinajstić information content (AvgIpc) is 2.68. The summed E-state index contributed by atoms with van der Waals surface area (Å²) < 4.78 is 7.19. The predicted octanol–water partition coefficient (Wildman–Crippen LogP) is 1.87. The molecule has 2 rings (SSSR count). The largest absolute Gasteiger partial charge is 0.444 e. The molecular formula is C14H24N4O2. The van der Waals surface area contributed by atoms with E-state index in [0.717, 1.165) is 25.2 Å². The van der Waals surface area contributed by atoms with Crippen LogP contribution in [0.3, 0.4) is 0 Å². The first-order valence-corrected chi connectivity index (χ1v) is 6.95. The van der Waals surface area contributed by atoms with Gasteiger partial charge in [-0.1, -0.05) is 0 Å². The van der Waals surface area contributed by atoms with E-state index in [-0.39, 0.29) is 12.1 Å². The Hall–Kier alpha value is -1.72. The number of carbonyl (C=O) groups is 1. The molecule has 0 aliphatic carbocycles. The Bertz CT molecular complexity index is 478. The first kappa shape index (κ1) is 14.7. The Morgan fingerprint density at radius 3 is 2.70 bits per heavy atom. The van der Waals surface area contributed by atoms with E-state index in [2.05, 4.69) is 10.00 Å². The maximum atomic E-state index is 12.0. The third-order valence-corrected chi connectivity index (χ3v) is 3.39. The molecular weight excluding hydrogens is 256 g/mol. The summed E-state index contributed by atoms with van der Waals surface area (Å²) in [5.74, 6) is 0. The highest BCUT2D eigenvalue weighted by molar-refractivity contribution is 5.69. The molecule has 112 valence electrons. The molecule has 0 N–H and O–H groups in total. The maximum Gasteiger partial charge on any atom is 0.410 e. The highest BCUT2D eigenvalue weighted by Crippen LogP contribution is 2.23. The van der Waals surface area contributed by atoms with Crippen molar-refractivity contribution in [3.8, 4) is 0 Å². The van der Waals surface area contributed by atoms with Gasteiger partial charge in [0.05, 0.1) is 17.9 Å². The van der Waals surface area contributed by atoms with Gasteiger partial charge in [0.15, 0.2) is 0 Å². The van der Waals surface area contributed by atoms with E-state index in [1.807, 2.05) is 47.3 Å². The van der Waals surface area contributed by atoms with Gasteiger partial charge >= 0.3 is 6.09 Å². The van der Waals surface area contributed by atoms with Crippen LogP contribution in [0.5, 0.6) is 0 Å². The minimum atomic E-state index is -0.438. The van der Waals surface area contributed by atoms with Gasteiger partial charge in [0.25, 0.3) is 0 Å². The van der Waals surface area contributed by atoms with Crippen molar-refractivity contribution in [3.63, 3.8) is 0 Å². The Morgan fingerprint density at radius 2 is 2.25 bits per heavy atom. The van der Waals surface area contributed by atoms with Crippen LogP contribution < -0.4 is 4.90 Å². The number of nitrogens with zero attached hydrogens (tertiary/aromatic N) is 4. The highest BCUT2D eigenvalue weighted by atomic mass is 16.6. The number of aromatic nitrogens is 2. The molecule has 0 bridgehead atoms. The fraction of sp³-hybridized carbons (Fsp3) is 0.714. The Morgan fingerprint density at radius 1 is 1.55 bits per heavy atom. The Balaban J connectivity index is 1.89. The number of aryl methyl sites for hydroxylation is 1. The molecule has 1 aliphatic heterocycles. The zero-order valence-corrected chi connectivity index (χ0v) is 13.0. The van der Waals surface area contributed by atoms with E-state index in [9.17, 15) is 4.79 Å². The van der Waals surface area contributed by atoms with Crippen LogP contribution in [0.4, 0.5) is 10.5 Å². The molecule has 0 spiro atoms. The second kappa shape index (κ2) is 5.34. The maximum absolute atomic E-state index is 12.0. The lowest BCUT2D eigenvalue weighted by Crippen LogP contribution is -2.56. The quantitative estimate of drug-likeness (QED) is 0.848. The second-order valence-electron chi connectivity index (χ2n) is 6.37. The number of likely N-dealkylation sites (tertiary alicyclic amines) is 1. The van der Waals surface area contributed by atoms with Crippen molar-refractivity contribution in [2.45, 2.75) is 38.8 Å². The summed E-state index contributed by atoms with van der Waals surface area (Å²) in [4.78, 5) is 16.0. The van der Waals surface area contributed by atoms with Crippen LogP contribution in [0, 0.1) is 0 Å². The van der Waals surface area contributed by atoms with E-state index < -0.39 is 5.60 Å². The highest BCUT2D eigenvalue weighted by Gasteiger charge is 2.35. The minimum absolute atomic E-state index is 0.215. The molecule has 0 radical (unpaired) electrons. The summed E-state index contributed by atoms with van der Waals surface area (Å²) in [7, 11) is 3.91. The number of anilines is 1. The Kier molecular flexibility index (Phi) is 3.92. The molecule has 2 heterocycles. The first-order chi connectivity index (χ1) is 9.26. The lowest BCUT2D eigenvalue weighted by Gasteiger charge is -2.43. The lowest BCUT2D eigenvalue weighted by molar-refractivity contribution is -0.00357. The van der Waals surface area contributed by atoms with E-state index in [1.165, 1.54) is 0 Å². The Labute approximate surface area is 120 Å². The standard InChI is InChI=1S/C14H24N4O2/c1-14(2,3)20-13(19)18-7-6-11(18)9-16(4)12-8-15-17(5)10-12/h8,10-11H,6-7,9H2,1-5H3/t11-/m1/s1. The van der Waals surface area contributed by atoms with Crippen molar-refractivity contribution >= 4 is 11.8 Å². The van der Waals surface area contributed by atoms with Gasteiger partial charge in [0.1, 0.15) is 5.60 Å². The number of rotatable bonds is 3. The average molecular weight is 280 g/mol. The zero-order valence-electron chi connectivity index (χ0n) is 13.0. The van der Waals surface area contributed by atoms with Gasteiger partial charge in [-0.05, 0) is 27.2 Å². The molecule has 1 aromatic rings. The van der Waals surface area contributed by atoms with Gasteiger partial charge in [-0.15, -0.1) is 0 Å².